The van der Waals surface area contributed by atoms with Gasteiger partial charge >= 0.3 is 5.97 Å². The summed E-state index contributed by atoms with van der Waals surface area (Å²) in [5, 5.41) is 20.7. The third-order valence-corrected chi connectivity index (χ3v) is 4.28. The molecule has 3 aromatic rings. The Balaban J connectivity index is 2.06. The van der Waals surface area contributed by atoms with Gasteiger partial charge in [0.15, 0.2) is 5.56 Å². The number of amides is 1. The summed E-state index contributed by atoms with van der Waals surface area (Å²) in [6, 6.07) is 9.50. The molecule has 0 spiro atoms. The molecule has 0 atom stereocenters. The van der Waals surface area contributed by atoms with Gasteiger partial charge in [-0.3, -0.25) is 10.1 Å². The first-order chi connectivity index (χ1) is 13.3. The van der Waals surface area contributed by atoms with Crippen molar-refractivity contribution >= 4 is 17.8 Å². The van der Waals surface area contributed by atoms with Crippen LogP contribution in [0.2, 0.25) is 0 Å². The number of aryl methyl sites for hydroxylation is 1. The molecule has 0 aliphatic rings. The molecule has 1 amide bonds. The zero-order valence-corrected chi connectivity index (χ0v) is 16.2. The van der Waals surface area contributed by atoms with E-state index in [0.29, 0.717) is 11.3 Å². The number of carboxylic acids is 1. The number of hydrogen-bond donors (Lipinski definition) is 2. The van der Waals surface area contributed by atoms with Gasteiger partial charge in [-0.15, -0.1) is 0 Å². The van der Waals surface area contributed by atoms with Crippen molar-refractivity contribution in [3.05, 3.63) is 47.3 Å². The van der Waals surface area contributed by atoms with Crippen LogP contribution < -0.4 is 5.32 Å². The summed E-state index contributed by atoms with van der Waals surface area (Å²) in [4.78, 5) is 24.0. The summed E-state index contributed by atoms with van der Waals surface area (Å²) in [7, 11) is 0. The lowest BCUT2D eigenvalue weighted by atomic mass is 10.1. The van der Waals surface area contributed by atoms with E-state index in [1.807, 2.05) is 51.1 Å². The summed E-state index contributed by atoms with van der Waals surface area (Å²) in [5.41, 5.74) is 2.70. The molecule has 0 fully saturated rings. The maximum Gasteiger partial charge on any atom is 0.343 e. The molecule has 1 aromatic carbocycles. The van der Waals surface area contributed by atoms with E-state index in [0.717, 1.165) is 11.4 Å². The predicted molar refractivity (Wildman–Crippen MR) is 104 cm³/mol. The Morgan fingerprint density at radius 3 is 2.50 bits per heavy atom. The Morgan fingerprint density at radius 2 is 1.89 bits per heavy atom. The summed E-state index contributed by atoms with van der Waals surface area (Å²) in [5.74, 6) is -1.60. The number of nitrogens with zero attached hydrogens (tertiary/aromatic N) is 3. The van der Waals surface area contributed by atoms with E-state index in [-0.39, 0.29) is 35.4 Å². The monoisotopic (exact) mass is 382 g/mol. The van der Waals surface area contributed by atoms with Gasteiger partial charge in [-0.05, 0) is 31.9 Å². The van der Waals surface area contributed by atoms with E-state index in [2.05, 4.69) is 15.6 Å². The van der Waals surface area contributed by atoms with Crippen LogP contribution in [0.25, 0.3) is 16.9 Å². The fourth-order valence-electron chi connectivity index (χ4n) is 3.10. The molecule has 146 valence electrons. The zero-order valence-electron chi connectivity index (χ0n) is 16.2. The number of hydrogen-bond acceptors (Lipinski definition) is 5. The largest absolute Gasteiger partial charge is 0.477 e. The molecule has 0 radical (unpaired) electrons. The Bertz CT molecular complexity index is 1020. The minimum atomic E-state index is -1.23. The molecule has 2 N–H and O–H groups in total. The van der Waals surface area contributed by atoms with Gasteiger partial charge in [-0.25, -0.2) is 9.48 Å². The quantitative estimate of drug-likeness (QED) is 0.670. The van der Waals surface area contributed by atoms with E-state index < -0.39 is 5.97 Å². The first-order valence-corrected chi connectivity index (χ1v) is 8.94. The lowest BCUT2D eigenvalue weighted by Crippen LogP contribution is -2.15. The maximum atomic E-state index is 12.1. The van der Waals surface area contributed by atoms with Crippen LogP contribution in [0, 0.1) is 19.8 Å². The molecule has 2 heterocycles. The third kappa shape index (κ3) is 3.66. The average Bonchev–Trinajstić information content (AvgIpc) is 3.15. The predicted octanol–water partition coefficient (Wildman–Crippen LogP) is 3.83. The van der Waals surface area contributed by atoms with Crippen LogP contribution in [0.5, 0.6) is 0 Å². The molecule has 0 aliphatic carbocycles. The second kappa shape index (κ2) is 7.67. The Hall–Kier alpha value is -3.42. The molecule has 8 heteroatoms. The fraction of sp³-hybridized carbons (Fsp3) is 0.300. The molecule has 0 bridgehead atoms. The highest BCUT2D eigenvalue weighted by Gasteiger charge is 2.29. The van der Waals surface area contributed by atoms with E-state index in [9.17, 15) is 14.7 Å². The summed E-state index contributed by atoms with van der Waals surface area (Å²) in [6.07, 6.45) is 0.249. The SMILES string of the molecule is Cc1nn(-c2ccccc2)c(C)c1-c1noc(NC(=O)CC(C)C)c1C(=O)O. The van der Waals surface area contributed by atoms with Gasteiger partial charge < -0.3 is 9.63 Å². The first kappa shape index (κ1) is 19.3. The number of aromatic nitrogens is 3. The highest BCUT2D eigenvalue weighted by molar-refractivity contribution is 6.03. The number of carboxylic acid groups (broad SMARTS) is 1. The van der Waals surface area contributed by atoms with Crippen LogP contribution in [0.3, 0.4) is 0 Å². The fourth-order valence-corrected chi connectivity index (χ4v) is 3.10. The van der Waals surface area contributed by atoms with Crippen molar-refractivity contribution in [2.24, 2.45) is 5.92 Å². The van der Waals surface area contributed by atoms with Crippen molar-refractivity contribution in [3.63, 3.8) is 0 Å². The number of nitrogens with one attached hydrogen (secondary N) is 1. The number of carbonyl (C=O) groups excluding carboxylic acids is 1. The molecule has 0 saturated carbocycles. The number of para-hydroxylation sites is 1. The number of rotatable bonds is 6. The number of anilines is 1. The summed E-state index contributed by atoms with van der Waals surface area (Å²) in [6.45, 7) is 7.40. The number of benzene rings is 1. The van der Waals surface area contributed by atoms with Gasteiger partial charge in [-0.2, -0.15) is 5.10 Å². The molecule has 8 nitrogen and oxygen atoms in total. The maximum absolute atomic E-state index is 12.1. The first-order valence-electron chi connectivity index (χ1n) is 8.94. The average molecular weight is 382 g/mol. The molecule has 2 aromatic heterocycles. The molecule has 28 heavy (non-hydrogen) atoms. The molecular formula is C20H22N4O4. The van der Waals surface area contributed by atoms with Crippen LogP contribution in [0.4, 0.5) is 5.88 Å². The van der Waals surface area contributed by atoms with Crippen molar-refractivity contribution < 1.29 is 19.2 Å². The zero-order chi connectivity index (χ0) is 20.4. The minimum absolute atomic E-state index is 0.129. The van der Waals surface area contributed by atoms with Crippen molar-refractivity contribution in [1.29, 1.82) is 0 Å². The van der Waals surface area contributed by atoms with E-state index >= 15 is 0 Å². The van der Waals surface area contributed by atoms with Gasteiger partial charge in [0.05, 0.1) is 17.1 Å². The normalized spacial score (nSPS) is 11.0. The molecule has 3 rings (SSSR count). The number of carbonyl (C=O) groups is 2. The standard InChI is InChI=1S/C20H22N4O4/c1-11(2)10-15(25)21-19-17(20(26)27)18(23-28-19)16-12(3)22-24(13(16)4)14-8-6-5-7-9-14/h5-9,11H,10H2,1-4H3,(H,21,25)(H,26,27). The van der Waals surface area contributed by atoms with Crippen molar-refractivity contribution in [2.75, 3.05) is 5.32 Å². The topological polar surface area (TPSA) is 110 Å². The number of aromatic carboxylic acids is 1. The molecular weight excluding hydrogens is 360 g/mol. The Morgan fingerprint density at radius 1 is 1.21 bits per heavy atom. The molecule has 0 saturated heterocycles. The van der Waals surface area contributed by atoms with Crippen LogP contribution in [0.1, 0.15) is 42.0 Å². The van der Waals surface area contributed by atoms with E-state index in [1.54, 1.807) is 11.6 Å². The molecule has 0 aliphatic heterocycles. The minimum Gasteiger partial charge on any atom is -0.477 e. The lowest BCUT2D eigenvalue weighted by Gasteiger charge is -2.05. The van der Waals surface area contributed by atoms with Gasteiger partial charge in [0.2, 0.25) is 11.8 Å². The second-order valence-electron chi connectivity index (χ2n) is 6.98. The second-order valence-corrected chi connectivity index (χ2v) is 6.98. The smallest absolute Gasteiger partial charge is 0.343 e. The van der Waals surface area contributed by atoms with Crippen LogP contribution in [-0.4, -0.2) is 31.9 Å². The van der Waals surface area contributed by atoms with E-state index in [4.69, 9.17) is 4.52 Å². The van der Waals surface area contributed by atoms with Crippen LogP contribution in [0.15, 0.2) is 34.9 Å². The van der Waals surface area contributed by atoms with Gasteiger partial charge in [0.1, 0.15) is 5.69 Å². The van der Waals surface area contributed by atoms with Gasteiger partial charge in [-0.1, -0.05) is 37.2 Å². The van der Waals surface area contributed by atoms with Gasteiger partial charge in [0, 0.05) is 12.0 Å². The Labute approximate surface area is 162 Å². The highest BCUT2D eigenvalue weighted by atomic mass is 16.5. The van der Waals surface area contributed by atoms with E-state index in [1.165, 1.54) is 0 Å². The van der Waals surface area contributed by atoms with Crippen LogP contribution >= 0.6 is 0 Å². The van der Waals surface area contributed by atoms with Crippen LogP contribution in [-0.2, 0) is 4.79 Å². The highest BCUT2D eigenvalue weighted by Crippen LogP contribution is 2.34. The third-order valence-electron chi connectivity index (χ3n) is 4.28. The lowest BCUT2D eigenvalue weighted by molar-refractivity contribution is -0.117. The van der Waals surface area contributed by atoms with Crippen molar-refractivity contribution in [3.8, 4) is 16.9 Å². The Kier molecular flexibility index (Phi) is 5.30. The van der Waals surface area contributed by atoms with Crippen molar-refractivity contribution in [2.45, 2.75) is 34.1 Å². The van der Waals surface area contributed by atoms with Crippen molar-refractivity contribution in [1.82, 2.24) is 14.9 Å². The summed E-state index contributed by atoms with van der Waals surface area (Å²) >= 11 is 0. The molecule has 0 unspecified atom stereocenters. The summed E-state index contributed by atoms with van der Waals surface area (Å²) < 4.78 is 6.91. The van der Waals surface area contributed by atoms with Gasteiger partial charge in [0.25, 0.3) is 0 Å².